The number of aryl methyl sites for hydroxylation is 2. The van der Waals surface area contributed by atoms with Gasteiger partial charge in [-0.25, -0.2) is 0 Å². The van der Waals surface area contributed by atoms with Crippen LogP contribution in [0.25, 0.3) is 0 Å². The summed E-state index contributed by atoms with van der Waals surface area (Å²) in [5.74, 6) is 0.627. The van der Waals surface area contributed by atoms with Gasteiger partial charge in [0.15, 0.2) is 5.78 Å². The molecule has 0 saturated heterocycles. The molecule has 0 amide bonds. The number of ketones is 1. The number of carbonyl (C=O) groups is 1. The number of carbonyl (C=O) groups excluding carboxylic acids is 1. The quantitative estimate of drug-likeness (QED) is 0.838. The summed E-state index contributed by atoms with van der Waals surface area (Å²) in [4.78, 5) is 12.7. The van der Waals surface area contributed by atoms with E-state index < -0.39 is 5.41 Å². The van der Waals surface area contributed by atoms with Crippen molar-refractivity contribution < 1.29 is 9.53 Å². The summed E-state index contributed by atoms with van der Waals surface area (Å²) in [7, 11) is 3.58. The van der Waals surface area contributed by atoms with Crippen LogP contribution in [-0.4, -0.2) is 22.7 Å². The van der Waals surface area contributed by atoms with E-state index in [4.69, 9.17) is 4.74 Å². The number of hydrogen-bond donors (Lipinski definition) is 0. The van der Waals surface area contributed by atoms with E-state index in [0.29, 0.717) is 0 Å². The van der Waals surface area contributed by atoms with Crippen LogP contribution in [-0.2, 0) is 23.7 Å². The van der Waals surface area contributed by atoms with Crippen molar-refractivity contribution in [2.45, 2.75) is 25.2 Å². The number of Topliss-reactive ketones (excluding diaryl/α,β-unsaturated/α-hetero) is 1. The molecule has 132 valence electrons. The molecular weight excluding hydrogens is 326 g/mol. The zero-order chi connectivity index (χ0) is 18.5. The van der Waals surface area contributed by atoms with Gasteiger partial charge < -0.3 is 4.74 Å². The summed E-state index contributed by atoms with van der Waals surface area (Å²) < 4.78 is 7.21. The number of hydrogen-bond acceptors (Lipinski definition) is 4. The highest BCUT2D eigenvalue weighted by molar-refractivity contribution is 6.02. The molecule has 2 aromatic rings. The molecule has 0 radical (unpaired) electrons. The average Bonchev–Trinajstić information content (AvgIpc) is 3.06. The van der Waals surface area contributed by atoms with Crippen molar-refractivity contribution in [2.24, 2.45) is 18.9 Å². The Hall–Kier alpha value is -2.87. The zero-order valence-electron chi connectivity index (χ0n) is 15.2. The van der Waals surface area contributed by atoms with Crippen molar-refractivity contribution in [1.29, 1.82) is 5.26 Å². The smallest absolute Gasteiger partial charge is 0.176 e. The Kier molecular flexibility index (Phi) is 3.73. The monoisotopic (exact) mass is 347 g/mol. The molecule has 3 atom stereocenters. The number of rotatable bonds is 2. The minimum absolute atomic E-state index is 0.0488. The summed E-state index contributed by atoms with van der Waals surface area (Å²) in [6.45, 7) is 1.96. The van der Waals surface area contributed by atoms with Crippen molar-refractivity contribution in [3.8, 4) is 11.8 Å². The molecule has 0 fully saturated rings. The lowest BCUT2D eigenvalue weighted by Crippen LogP contribution is -2.48. The molecule has 0 N–H and O–H groups in total. The molecule has 0 spiro atoms. The van der Waals surface area contributed by atoms with Gasteiger partial charge in [0.2, 0.25) is 0 Å². The van der Waals surface area contributed by atoms with Gasteiger partial charge >= 0.3 is 0 Å². The number of aromatic nitrogens is 2. The first-order valence-electron chi connectivity index (χ1n) is 8.86. The van der Waals surface area contributed by atoms with Crippen molar-refractivity contribution >= 4 is 5.78 Å². The molecule has 5 heteroatoms. The largest absolute Gasteiger partial charge is 0.497 e. The summed E-state index contributed by atoms with van der Waals surface area (Å²) in [6.07, 6.45) is 5.60. The average molecular weight is 347 g/mol. The van der Waals surface area contributed by atoms with Crippen LogP contribution in [0, 0.1) is 23.2 Å². The van der Waals surface area contributed by atoms with Gasteiger partial charge in [0.1, 0.15) is 11.8 Å². The molecule has 0 aliphatic heterocycles. The summed E-state index contributed by atoms with van der Waals surface area (Å²) in [5, 5.41) is 14.1. The van der Waals surface area contributed by atoms with Gasteiger partial charge in [-0.05, 0) is 48.1 Å². The fraction of sp³-hybridized carbons (Fsp3) is 0.381. The Labute approximate surface area is 152 Å². The first-order valence-corrected chi connectivity index (χ1v) is 8.86. The van der Waals surface area contributed by atoms with E-state index in [9.17, 15) is 10.1 Å². The first kappa shape index (κ1) is 16.6. The Bertz CT molecular complexity index is 949. The highest BCUT2D eigenvalue weighted by Gasteiger charge is 2.53. The van der Waals surface area contributed by atoms with Gasteiger partial charge in [0.25, 0.3) is 0 Å². The number of nitriles is 1. The number of allylic oxidation sites excluding steroid dienone is 2. The molecular formula is C21H21N3O2. The van der Waals surface area contributed by atoms with Crippen LogP contribution in [0.2, 0.25) is 0 Å². The molecule has 0 unspecified atom stereocenters. The minimum atomic E-state index is -0.524. The first-order chi connectivity index (χ1) is 12.5. The number of benzene rings is 1. The Balaban J connectivity index is 2.06. The van der Waals surface area contributed by atoms with Crippen LogP contribution in [0.3, 0.4) is 0 Å². The summed E-state index contributed by atoms with van der Waals surface area (Å²) in [6, 6.07) is 10.1. The van der Waals surface area contributed by atoms with Crippen LogP contribution < -0.4 is 4.74 Å². The van der Waals surface area contributed by atoms with Crippen LogP contribution in [0.15, 0.2) is 42.1 Å². The number of fused-ring (bicyclic) bond motifs is 3. The molecule has 4 rings (SSSR count). The van der Waals surface area contributed by atoms with Gasteiger partial charge in [-0.2, -0.15) is 10.4 Å². The summed E-state index contributed by atoms with van der Waals surface area (Å²) >= 11 is 0. The van der Waals surface area contributed by atoms with E-state index in [0.717, 1.165) is 29.8 Å². The van der Waals surface area contributed by atoms with E-state index in [1.807, 2.05) is 55.2 Å². The third-order valence-corrected chi connectivity index (χ3v) is 6.06. The zero-order valence-corrected chi connectivity index (χ0v) is 15.2. The lowest BCUT2D eigenvalue weighted by molar-refractivity contribution is -0.121. The highest BCUT2D eigenvalue weighted by atomic mass is 16.5. The fourth-order valence-corrected chi connectivity index (χ4v) is 4.85. The number of nitrogens with zero attached hydrogens (tertiary/aromatic N) is 3. The molecule has 0 saturated carbocycles. The lowest BCUT2D eigenvalue weighted by atomic mass is 9.54. The number of methoxy groups -OCH3 is 1. The topological polar surface area (TPSA) is 67.9 Å². The Morgan fingerprint density at radius 1 is 1.35 bits per heavy atom. The van der Waals surface area contributed by atoms with Crippen LogP contribution in [0.5, 0.6) is 5.75 Å². The van der Waals surface area contributed by atoms with Gasteiger partial charge in [0.05, 0.1) is 30.0 Å². The maximum Gasteiger partial charge on any atom is 0.176 e. The normalized spacial score (nSPS) is 27.2. The van der Waals surface area contributed by atoms with Gasteiger partial charge in [-0.3, -0.25) is 9.48 Å². The molecule has 0 bridgehead atoms. The molecule has 1 aromatic heterocycles. The molecule has 2 aliphatic rings. The second-order valence-corrected chi connectivity index (χ2v) is 7.21. The standard InChI is InChI=1S/C21H21N3O2/c1-13-18-9-4-14-12-23-24(2)20(14)21(18,10-15(11-22)19(13)25)16-5-7-17(26-3)8-6-16/h5-8,10,12-13,18H,4,9H2,1-3H3/t13-,18-,21+/m0/s1. The maximum atomic E-state index is 12.7. The molecule has 1 aromatic carbocycles. The predicted octanol–water partition coefficient (Wildman–Crippen LogP) is 2.95. The minimum Gasteiger partial charge on any atom is -0.497 e. The van der Waals surface area contributed by atoms with Gasteiger partial charge in [-0.15, -0.1) is 0 Å². The predicted molar refractivity (Wildman–Crippen MR) is 96.7 cm³/mol. The van der Waals surface area contributed by atoms with Crippen molar-refractivity contribution in [3.63, 3.8) is 0 Å². The van der Waals surface area contributed by atoms with Crippen LogP contribution in [0.1, 0.15) is 30.2 Å². The molecule has 5 nitrogen and oxygen atoms in total. The molecule has 26 heavy (non-hydrogen) atoms. The number of ether oxygens (including phenoxy) is 1. The summed E-state index contributed by atoms with van der Waals surface area (Å²) in [5.41, 5.74) is 3.07. The van der Waals surface area contributed by atoms with E-state index in [1.165, 1.54) is 5.56 Å². The maximum absolute atomic E-state index is 12.7. The fourth-order valence-electron chi connectivity index (χ4n) is 4.85. The van der Waals surface area contributed by atoms with E-state index in [1.54, 1.807) is 7.11 Å². The highest BCUT2D eigenvalue weighted by Crippen LogP contribution is 2.53. The SMILES string of the molecule is COc1ccc([C@]23C=C(C#N)C(=O)[C@@H](C)[C@@H]2CCc2cnn(C)c23)cc1. The van der Waals surface area contributed by atoms with E-state index in [-0.39, 0.29) is 23.2 Å². The Morgan fingerprint density at radius 2 is 2.08 bits per heavy atom. The van der Waals surface area contributed by atoms with E-state index in [2.05, 4.69) is 11.2 Å². The van der Waals surface area contributed by atoms with E-state index >= 15 is 0 Å². The third-order valence-electron chi connectivity index (χ3n) is 6.06. The van der Waals surface area contributed by atoms with Gasteiger partial charge in [0, 0.05) is 13.0 Å². The molecule has 1 heterocycles. The van der Waals surface area contributed by atoms with Crippen molar-refractivity contribution in [3.05, 3.63) is 58.9 Å². The van der Waals surface area contributed by atoms with Gasteiger partial charge in [-0.1, -0.05) is 19.1 Å². The second-order valence-electron chi connectivity index (χ2n) is 7.21. The van der Waals surface area contributed by atoms with Crippen molar-refractivity contribution in [1.82, 2.24) is 9.78 Å². The Morgan fingerprint density at radius 3 is 2.73 bits per heavy atom. The molecule has 2 aliphatic carbocycles. The van der Waals surface area contributed by atoms with Crippen LogP contribution >= 0.6 is 0 Å². The van der Waals surface area contributed by atoms with Crippen LogP contribution in [0.4, 0.5) is 0 Å². The lowest BCUT2D eigenvalue weighted by Gasteiger charge is -2.47. The third kappa shape index (κ3) is 2.08. The van der Waals surface area contributed by atoms with Crippen molar-refractivity contribution in [2.75, 3.05) is 7.11 Å². The second kappa shape index (κ2) is 5.84.